The van der Waals surface area contributed by atoms with Gasteiger partial charge in [0.2, 0.25) is 0 Å². The molecule has 0 rings (SSSR count). The zero-order chi connectivity index (χ0) is 10.8. The summed E-state index contributed by atoms with van der Waals surface area (Å²) in [4.78, 5) is 10.5. The fourth-order valence-corrected chi connectivity index (χ4v) is 0.957. The summed E-state index contributed by atoms with van der Waals surface area (Å²) in [6, 6.07) is 0. The highest BCUT2D eigenvalue weighted by molar-refractivity contribution is 7.80. The SMILES string of the molecule is COCCOCCOC(CS)C(=O)O. The maximum absolute atomic E-state index is 10.5. The van der Waals surface area contributed by atoms with E-state index in [2.05, 4.69) is 12.6 Å². The third kappa shape index (κ3) is 7.14. The van der Waals surface area contributed by atoms with Crippen LogP contribution in [0.4, 0.5) is 0 Å². The number of hydrogen-bond donors (Lipinski definition) is 2. The van der Waals surface area contributed by atoms with E-state index in [0.717, 1.165) is 0 Å². The summed E-state index contributed by atoms with van der Waals surface area (Å²) in [7, 11) is 1.58. The van der Waals surface area contributed by atoms with Gasteiger partial charge in [0.15, 0.2) is 6.10 Å². The van der Waals surface area contributed by atoms with Crippen LogP contribution < -0.4 is 0 Å². The van der Waals surface area contributed by atoms with Gasteiger partial charge in [0.05, 0.1) is 26.4 Å². The van der Waals surface area contributed by atoms with Crippen molar-refractivity contribution < 1.29 is 24.1 Å². The Morgan fingerprint density at radius 1 is 1.36 bits per heavy atom. The highest BCUT2D eigenvalue weighted by atomic mass is 32.1. The fourth-order valence-electron chi connectivity index (χ4n) is 0.696. The van der Waals surface area contributed by atoms with Gasteiger partial charge >= 0.3 is 5.97 Å². The van der Waals surface area contributed by atoms with Crippen LogP contribution in [-0.2, 0) is 19.0 Å². The highest BCUT2D eigenvalue weighted by Gasteiger charge is 2.14. The molecule has 0 aromatic heterocycles. The number of rotatable bonds is 9. The van der Waals surface area contributed by atoms with Crippen molar-refractivity contribution in [2.45, 2.75) is 6.10 Å². The van der Waals surface area contributed by atoms with Crippen LogP contribution in [-0.4, -0.2) is 56.5 Å². The van der Waals surface area contributed by atoms with Crippen LogP contribution in [0.2, 0.25) is 0 Å². The zero-order valence-electron chi connectivity index (χ0n) is 8.14. The Morgan fingerprint density at radius 2 is 2.00 bits per heavy atom. The monoisotopic (exact) mass is 224 g/mol. The molecular formula is C8H16O5S. The van der Waals surface area contributed by atoms with Gasteiger partial charge in [-0.25, -0.2) is 4.79 Å². The zero-order valence-corrected chi connectivity index (χ0v) is 9.03. The van der Waals surface area contributed by atoms with Crippen LogP contribution in [0.15, 0.2) is 0 Å². The lowest BCUT2D eigenvalue weighted by Crippen LogP contribution is -2.27. The lowest BCUT2D eigenvalue weighted by Gasteiger charge is -2.10. The minimum Gasteiger partial charge on any atom is -0.479 e. The number of thiol groups is 1. The molecular weight excluding hydrogens is 208 g/mol. The van der Waals surface area contributed by atoms with Crippen molar-refractivity contribution in [2.75, 3.05) is 39.3 Å². The van der Waals surface area contributed by atoms with Gasteiger partial charge in [-0.3, -0.25) is 0 Å². The number of carbonyl (C=O) groups is 1. The predicted octanol–water partition coefficient (Wildman–Crippen LogP) is 0.0490. The van der Waals surface area contributed by atoms with Crippen molar-refractivity contribution in [1.29, 1.82) is 0 Å². The predicted molar refractivity (Wildman–Crippen MR) is 53.9 cm³/mol. The molecule has 84 valence electrons. The molecule has 5 nitrogen and oxygen atoms in total. The van der Waals surface area contributed by atoms with E-state index in [0.29, 0.717) is 19.8 Å². The fraction of sp³-hybridized carbons (Fsp3) is 0.875. The lowest BCUT2D eigenvalue weighted by molar-refractivity contribution is -0.149. The standard InChI is InChI=1S/C8H16O5S/c1-11-2-3-12-4-5-13-7(6-14)8(9)10/h7,14H,2-6H2,1H3,(H,9,10). The molecule has 0 fully saturated rings. The molecule has 1 unspecified atom stereocenters. The van der Waals surface area contributed by atoms with Gasteiger partial charge in [0.25, 0.3) is 0 Å². The summed E-state index contributed by atoms with van der Waals surface area (Å²) in [6.45, 7) is 1.62. The molecule has 0 aromatic rings. The molecule has 0 radical (unpaired) electrons. The van der Waals surface area contributed by atoms with E-state index in [1.165, 1.54) is 0 Å². The van der Waals surface area contributed by atoms with Crippen molar-refractivity contribution in [2.24, 2.45) is 0 Å². The van der Waals surface area contributed by atoms with Crippen LogP contribution in [0.3, 0.4) is 0 Å². The molecule has 1 atom stereocenters. The molecule has 0 amide bonds. The first-order chi connectivity index (χ1) is 6.72. The normalized spacial score (nSPS) is 12.7. The van der Waals surface area contributed by atoms with E-state index < -0.39 is 12.1 Å². The summed E-state index contributed by atoms with van der Waals surface area (Å²) in [5.74, 6) is -0.843. The summed E-state index contributed by atoms with van der Waals surface area (Å²) < 4.78 is 14.8. The van der Waals surface area contributed by atoms with E-state index in [1.54, 1.807) is 7.11 Å². The third-order valence-electron chi connectivity index (χ3n) is 1.42. The number of methoxy groups -OCH3 is 1. The lowest BCUT2D eigenvalue weighted by atomic mass is 10.4. The second-order valence-corrected chi connectivity index (χ2v) is 2.85. The van der Waals surface area contributed by atoms with E-state index in [-0.39, 0.29) is 12.4 Å². The molecule has 1 N–H and O–H groups in total. The van der Waals surface area contributed by atoms with Crippen molar-refractivity contribution in [3.63, 3.8) is 0 Å². The number of aliphatic carboxylic acids is 1. The van der Waals surface area contributed by atoms with Gasteiger partial charge in [0.1, 0.15) is 0 Å². The van der Waals surface area contributed by atoms with E-state index in [9.17, 15) is 4.79 Å². The molecule has 14 heavy (non-hydrogen) atoms. The van der Waals surface area contributed by atoms with Gasteiger partial charge in [-0.05, 0) is 0 Å². The van der Waals surface area contributed by atoms with Crippen LogP contribution in [0.5, 0.6) is 0 Å². The Labute approximate surface area is 88.7 Å². The topological polar surface area (TPSA) is 65.0 Å². The molecule has 0 aliphatic rings. The highest BCUT2D eigenvalue weighted by Crippen LogP contribution is 1.95. The molecule has 0 saturated heterocycles. The second-order valence-electron chi connectivity index (χ2n) is 2.49. The molecule has 0 spiro atoms. The quantitative estimate of drug-likeness (QED) is 0.428. The van der Waals surface area contributed by atoms with Crippen LogP contribution >= 0.6 is 12.6 Å². The number of hydrogen-bond acceptors (Lipinski definition) is 5. The van der Waals surface area contributed by atoms with Crippen molar-refractivity contribution >= 4 is 18.6 Å². The molecule has 0 aromatic carbocycles. The largest absolute Gasteiger partial charge is 0.479 e. The number of carboxylic acid groups (broad SMARTS) is 1. The smallest absolute Gasteiger partial charge is 0.333 e. The first-order valence-electron chi connectivity index (χ1n) is 4.24. The Morgan fingerprint density at radius 3 is 2.50 bits per heavy atom. The summed E-state index contributed by atoms with van der Waals surface area (Å²) in [5.41, 5.74) is 0. The van der Waals surface area contributed by atoms with Gasteiger partial charge in [0, 0.05) is 12.9 Å². The third-order valence-corrected chi connectivity index (χ3v) is 1.75. The average molecular weight is 224 g/mol. The van der Waals surface area contributed by atoms with Crippen LogP contribution in [0.1, 0.15) is 0 Å². The molecule has 0 heterocycles. The van der Waals surface area contributed by atoms with Crippen molar-refractivity contribution in [1.82, 2.24) is 0 Å². The van der Waals surface area contributed by atoms with E-state index in [1.807, 2.05) is 0 Å². The van der Waals surface area contributed by atoms with Gasteiger partial charge in [-0.2, -0.15) is 12.6 Å². The molecule has 0 bridgehead atoms. The van der Waals surface area contributed by atoms with Crippen LogP contribution in [0.25, 0.3) is 0 Å². The summed E-state index contributed by atoms with van der Waals surface area (Å²) in [6.07, 6.45) is -0.857. The van der Waals surface area contributed by atoms with Gasteiger partial charge in [-0.1, -0.05) is 0 Å². The maximum Gasteiger partial charge on any atom is 0.333 e. The number of carboxylic acids is 1. The van der Waals surface area contributed by atoms with Crippen LogP contribution in [0, 0.1) is 0 Å². The average Bonchev–Trinajstić information content (AvgIpc) is 2.16. The van der Waals surface area contributed by atoms with Gasteiger partial charge in [-0.15, -0.1) is 0 Å². The molecule has 0 aliphatic heterocycles. The Balaban J connectivity index is 3.29. The minimum atomic E-state index is -1.00. The maximum atomic E-state index is 10.5. The number of ether oxygens (including phenoxy) is 3. The second kappa shape index (κ2) is 9.26. The molecule has 0 aliphatic carbocycles. The molecule has 0 saturated carbocycles. The first-order valence-corrected chi connectivity index (χ1v) is 4.87. The first kappa shape index (κ1) is 13.7. The Bertz CT molecular complexity index is 153. The Hall–Kier alpha value is -0.300. The van der Waals surface area contributed by atoms with E-state index >= 15 is 0 Å². The van der Waals surface area contributed by atoms with Crippen molar-refractivity contribution in [3.05, 3.63) is 0 Å². The van der Waals surface area contributed by atoms with Crippen molar-refractivity contribution in [3.8, 4) is 0 Å². The molecule has 6 heteroatoms. The Kier molecular flexibility index (Phi) is 9.06. The van der Waals surface area contributed by atoms with Gasteiger partial charge < -0.3 is 19.3 Å². The summed E-state index contributed by atoms with van der Waals surface area (Å²) in [5, 5.41) is 8.58. The minimum absolute atomic E-state index is 0.160. The van der Waals surface area contributed by atoms with E-state index in [4.69, 9.17) is 19.3 Å². The summed E-state index contributed by atoms with van der Waals surface area (Å²) >= 11 is 3.85.